The summed E-state index contributed by atoms with van der Waals surface area (Å²) >= 11 is 1.47. The number of nitrogens with zero attached hydrogens (tertiary/aromatic N) is 1. The maximum Gasteiger partial charge on any atom is 0.327 e. The summed E-state index contributed by atoms with van der Waals surface area (Å²) in [5.41, 5.74) is 7.64. The van der Waals surface area contributed by atoms with E-state index >= 15 is 0 Å². The van der Waals surface area contributed by atoms with Crippen LogP contribution in [0.1, 0.15) is 22.8 Å². The predicted octanol–water partition coefficient (Wildman–Crippen LogP) is 1.57. The standard InChI is InChI=1S/C13H16N2O3S/c1-7-5-9(3-4-10(7)14)12(16)15-8(2)19-6-11(15)13(17)18/h3-5,8,11H,6,14H2,1-2H3,(H,17,18). The molecule has 0 spiro atoms. The van der Waals surface area contributed by atoms with Gasteiger partial charge in [-0.05, 0) is 37.6 Å². The van der Waals surface area contributed by atoms with Crippen LogP contribution in [0.4, 0.5) is 5.69 Å². The average Bonchev–Trinajstić information content (AvgIpc) is 2.74. The lowest BCUT2D eigenvalue weighted by Gasteiger charge is -2.25. The minimum Gasteiger partial charge on any atom is -0.480 e. The van der Waals surface area contributed by atoms with Gasteiger partial charge in [-0.2, -0.15) is 0 Å². The molecule has 1 saturated heterocycles. The zero-order valence-electron chi connectivity index (χ0n) is 10.8. The molecule has 1 heterocycles. The highest BCUT2D eigenvalue weighted by Crippen LogP contribution is 2.30. The zero-order valence-corrected chi connectivity index (χ0v) is 11.6. The molecular formula is C13H16N2O3S. The first-order valence-electron chi connectivity index (χ1n) is 5.95. The van der Waals surface area contributed by atoms with Gasteiger partial charge in [0.15, 0.2) is 0 Å². The molecule has 6 heteroatoms. The fraction of sp³-hybridized carbons (Fsp3) is 0.385. The molecule has 2 atom stereocenters. The topological polar surface area (TPSA) is 83.6 Å². The van der Waals surface area contributed by atoms with Crippen molar-refractivity contribution in [3.63, 3.8) is 0 Å². The van der Waals surface area contributed by atoms with Crippen molar-refractivity contribution in [3.05, 3.63) is 29.3 Å². The van der Waals surface area contributed by atoms with Crippen LogP contribution in [-0.2, 0) is 4.79 Å². The van der Waals surface area contributed by atoms with E-state index in [1.807, 2.05) is 13.8 Å². The molecule has 0 aliphatic carbocycles. The molecule has 1 aliphatic rings. The number of anilines is 1. The normalized spacial score (nSPS) is 22.5. The Hall–Kier alpha value is -1.69. The quantitative estimate of drug-likeness (QED) is 0.803. The van der Waals surface area contributed by atoms with Crippen molar-refractivity contribution >= 4 is 29.3 Å². The van der Waals surface area contributed by atoms with Gasteiger partial charge in [-0.25, -0.2) is 4.79 Å². The van der Waals surface area contributed by atoms with E-state index in [2.05, 4.69) is 0 Å². The third kappa shape index (κ3) is 2.53. The monoisotopic (exact) mass is 280 g/mol. The molecule has 1 aromatic carbocycles. The molecule has 2 rings (SSSR count). The van der Waals surface area contributed by atoms with Crippen LogP contribution in [0.2, 0.25) is 0 Å². The third-order valence-electron chi connectivity index (χ3n) is 3.26. The summed E-state index contributed by atoms with van der Waals surface area (Å²) in [6, 6.07) is 4.25. The Morgan fingerprint density at radius 3 is 2.74 bits per heavy atom. The van der Waals surface area contributed by atoms with E-state index in [1.165, 1.54) is 16.7 Å². The number of nitrogens with two attached hydrogens (primary N) is 1. The first kappa shape index (κ1) is 13.7. The SMILES string of the molecule is Cc1cc(C(=O)N2C(C)SCC2C(=O)O)ccc1N. The van der Waals surface area contributed by atoms with Crippen molar-refractivity contribution in [2.75, 3.05) is 11.5 Å². The molecule has 1 aliphatic heterocycles. The Morgan fingerprint density at radius 2 is 2.16 bits per heavy atom. The van der Waals surface area contributed by atoms with Crippen LogP contribution in [0, 0.1) is 6.92 Å². The van der Waals surface area contributed by atoms with Crippen LogP contribution in [0.5, 0.6) is 0 Å². The van der Waals surface area contributed by atoms with Gasteiger partial charge in [0.1, 0.15) is 6.04 Å². The number of aliphatic carboxylic acids is 1. The van der Waals surface area contributed by atoms with Crippen LogP contribution in [0.15, 0.2) is 18.2 Å². The summed E-state index contributed by atoms with van der Waals surface area (Å²) in [7, 11) is 0. The van der Waals surface area contributed by atoms with Crippen LogP contribution in [0.25, 0.3) is 0 Å². The Bertz CT molecular complexity index is 533. The van der Waals surface area contributed by atoms with Gasteiger partial charge >= 0.3 is 5.97 Å². The second kappa shape index (κ2) is 5.13. The van der Waals surface area contributed by atoms with Gasteiger partial charge in [0, 0.05) is 17.0 Å². The van der Waals surface area contributed by atoms with Crippen LogP contribution < -0.4 is 5.73 Å². The number of carboxylic acids is 1. The van der Waals surface area contributed by atoms with Crippen molar-refractivity contribution in [1.29, 1.82) is 0 Å². The molecule has 19 heavy (non-hydrogen) atoms. The number of thioether (sulfide) groups is 1. The van der Waals surface area contributed by atoms with E-state index < -0.39 is 12.0 Å². The summed E-state index contributed by atoms with van der Waals surface area (Å²) in [6.45, 7) is 3.67. The van der Waals surface area contributed by atoms with Crippen molar-refractivity contribution < 1.29 is 14.7 Å². The van der Waals surface area contributed by atoms with Gasteiger partial charge in [0.05, 0.1) is 5.37 Å². The number of hydrogen-bond donors (Lipinski definition) is 2. The van der Waals surface area contributed by atoms with Crippen LogP contribution in [-0.4, -0.2) is 39.1 Å². The van der Waals surface area contributed by atoms with E-state index in [4.69, 9.17) is 10.8 Å². The number of carbonyl (C=O) groups is 2. The Balaban J connectivity index is 2.31. The second-order valence-electron chi connectivity index (χ2n) is 4.57. The van der Waals surface area contributed by atoms with Gasteiger partial charge in [0.25, 0.3) is 5.91 Å². The first-order valence-corrected chi connectivity index (χ1v) is 7.00. The fourth-order valence-electron chi connectivity index (χ4n) is 2.10. The Morgan fingerprint density at radius 1 is 1.47 bits per heavy atom. The van der Waals surface area contributed by atoms with Crippen molar-refractivity contribution in [2.24, 2.45) is 0 Å². The van der Waals surface area contributed by atoms with Gasteiger partial charge in [-0.3, -0.25) is 4.79 Å². The molecule has 0 saturated carbocycles. The maximum atomic E-state index is 12.4. The number of rotatable bonds is 2. The van der Waals surface area contributed by atoms with E-state index in [9.17, 15) is 9.59 Å². The van der Waals surface area contributed by atoms with Crippen LogP contribution in [0.3, 0.4) is 0 Å². The molecule has 0 bridgehead atoms. The minimum absolute atomic E-state index is 0.133. The fourth-order valence-corrected chi connectivity index (χ4v) is 3.27. The smallest absolute Gasteiger partial charge is 0.327 e. The number of benzene rings is 1. The number of hydrogen-bond acceptors (Lipinski definition) is 4. The summed E-state index contributed by atoms with van der Waals surface area (Å²) in [6.07, 6.45) is 0. The average molecular weight is 280 g/mol. The number of carbonyl (C=O) groups excluding carboxylic acids is 1. The van der Waals surface area contributed by atoms with E-state index in [1.54, 1.807) is 18.2 Å². The second-order valence-corrected chi connectivity index (χ2v) is 5.92. The number of aryl methyl sites for hydroxylation is 1. The van der Waals surface area contributed by atoms with Crippen molar-refractivity contribution in [2.45, 2.75) is 25.3 Å². The van der Waals surface area contributed by atoms with Gasteiger partial charge in [-0.15, -0.1) is 11.8 Å². The van der Waals surface area contributed by atoms with E-state index in [0.29, 0.717) is 17.0 Å². The molecule has 1 aromatic rings. The lowest BCUT2D eigenvalue weighted by Crippen LogP contribution is -2.44. The molecule has 5 nitrogen and oxygen atoms in total. The zero-order chi connectivity index (χ0) is 14.2. The molecule has 102 valence electrons. The summed E-state index contributed by atoms with van der Waals surface area (Å²) in [4.78, 5) is 25.1. The van der Waals surface area contributed by atoms with Crippen molar-refractivity contribution in [3.8, 4) is 0 Å². The highest BCUT2D eigenvalue weighted by Gasteiger charge is 2.39. The molecular weight excluding hydrogens is 264 g/mol. The molecule has 1 amide bonds. The molecule has 0 radical (unpaired) electrons. The Kier molecular flexibility index (Phi) is 3.71. The Labute approximate surface area is 115 Å². The highest BCUT2D eigenvalue weighted by atomic mass is 32.2. The summed E-state index contributed by atoms with van der Waals surface area (Å²) in [5.74, 6) is -0.790. The molecule has 3 N–H and O–H groups in total. The van der Waals surface area contributed by atoms with Gasteiger partial charge in [-0.1, -0.05) is 0 Å². The first-order chi connectivity index (χ1) is 8.91. The van der Waals surface area contributed by atoms with E-state index in [0.717, 1.165) is 5.56 Å². The lowest BCUT2D eigenvalue weighted by molar-refractivity contribution is -0.141. The highest BCUT2D eigenvalue weighted by molar-refractivity contribution is 8.00. The minimum atomic E-state index is -0.961. The molecule has 0 aromatic heterocycles. The van der Waals surface area contributed by atoms with Gasteiger partial charge in [0.2, 0.25) is 0 Å². The summed E-state index contributed by atoms with van der Waals surface area (Å²) < 4.78 is 0. The lowest BCUT2D eigenvalue weighted by atomic mass is 10.1. The third-order valence-corrected chi connectivity index (χ3v) is 4.48. The number of amides is 1. The molecule has 2 unspecified atom stereocenters. The van der Waals surface area contributed by atoms with Crippen molar-refractivity contribution in [1.82, 2.24) is 4.90 Å². The largest absolute Gasteiger partial charge is 0.480 e. The van der Waals surface area contributed by atoms with Gasteiger partial charge < -0.3 is 15.7 Å². The number of carboxylic acid groups (broad SMARTS) is 1. The number of nitrogen functional groups attached to an aromatic ring is 1. The predicted molar refractivity (Wildman–Crippen MR) is 75.1 cm³/mol. The maximum absolute atomic E-state index is 12.4. The van der Waals surface area contributed by atoms with E-state index in [-0.39, 0.29) is 11.3 Å². The summed E-state index contributed by atoms with van der Waals surface area (Å²) in [5, 5.41) is 9.04. The molecule has 1 fully saturated rings. The van der Waals surface area contributed by atoms with Crippen LogP contribution >= 0.6 is 11.8 Å².